The summed E-state index contributed by atoms with van der Waals surface area (Å²) in [6.07, 6.45) is 1.39. The van der Waals surface area contributed by atoms with Crippen molar-refractivity contribution >= 4 is 17.2 Å². The quantitative estimate of drug-likeness (QED) is 0.743. The van der Waals surface area contributed by atoms with Gasteiger partial charge in [0.2, 0.25) is 5.91 Å². The van der Waals surface area contributed by atoms with Gasteiger partial charge in [0, 0.05) is 24.7 Å². The van der Waals surface area contributed by atoms with Crippen molar-refractivity contribution in [2.45, 2.75) is 26.7 Å². The van der Waals surface area contributed by atoms with Gasteiger partial charge in [-0.1, -0.05) is 19.1 Å². The molecule has 1 aromatic carbocycles. The highest BCUT2D eigenvalue weighted by atomic mass is 16.2. The van der Waals surface area contributed by atoms with Crippen LogP contribution >= 0.6 is 0 Å². The molecule has 0 N–H and O–H groups in total. The maximum Gasteiger partial charge on any atom is 0.226 e. The van der Waals surface area contributed by atoms with Crippen molar-refractivity contribution in [2.75, 3.05) is 11.9 Å². The Morgan fingerprint density at radius 2 is 2.04 bits per heavy atom. The van der Waals surface area contributed by atoms with Crippen LogP contribution < -0.4 is 4.90 Å². The first kappa shape index (κ1) is 15.1. The molecule has 0 fully saturated rings. The Kier molecular flexibility index (Phi) is 4.06. The molecule has 0 aliphatic heterocycles. The Morgan fingerprint density at radius 3 is 2.83 bits per heavy atom. The van der Waals surface area contributed by atoms with Crippen LogP contribution in [-0.4, -0.2) is 32.8 Å². The Labute approximate surface area is 134 Å². The fourth-order valence-electron chi connectivity index (χ4n) is 2.45. The maximum atomic E-state index is 12.1. The first-order valence-corrected chi connectivity index (χ1v) is 7.66. The number of anilines is 1. The summed E-state index contributed by atoms with van der Waals surface area (Å²) >= 11 is 0. The first-order chi connectivity index (χ1) is 11.1. The molecule has 0 saturated heterocycles. The number of aryl methyl sites for hydroxylation is 1. The smallest absolute Gasteiger partial charge is 0.226 e. The molecule has 2 heterocycles. The lowest BCUT2D eigenvalue weighted by atomic mass is 10.1. The number of fused-ring (bicyclic) bond motifs is 1. The van der Waals surface area contributed by atoms with Crippen LogP contribution in [0.25, 0.3) is 16.9 Å². The molecule has 0 spiro atoms. The number of carbonyl (C=O) groups is 1. The highest BCUT2D eigenvalue weighted by Gasteiger charge is 2.11. The van der Waals surface area contributed by atoms with E-state index in [1.165, 1.54) is 0 Å². The Morgan fingerprint density at radius 1 is 1.22 bits per heavy atom. The van der Waals surface area contributed by atoms with Gasteiger partial charge in [-0.2, -0.15) is 9.61 Å². The minimum absolute atomic E-state index is 0.114. The lowest BCUT2D eigenvalue weighted by molar-refractivity contribution is -0.118. The molecule has 0 radical (unpaired) electrons. The van der Waals surface area contributed by atoms with E-state index in [9.17, 15) is 4.79 Å². The summed E-state index contributed by atoms with van der Waals surface area (Å²) < 4.78 is 1.72. The normalized spacial score (nSPS) is 10.9. The molecular formula is C17H19N5O. The molecule has 0 atom stereocenters. The summed E-state index contributed by atoms with van der Waals surface area (Å²) in [5.74, 6) is 0.857. The standard InChI is InChI=1S/C17H19N5O/c1-4-6-17(23)21(3)14-8-5-7-13(11-14)15-9-10-16-19-18-12(2)22(16)20-15/h5,7-11H,4,6H2,1-3H3. The van der Waals surface area contributed by atoms with Crippen LogP contribution in [0.5, 0.6) is 0 Å². The summed E-state index contributed by atoms with van der Waals surface area (Å²) in [5.41, 5.74) is 3.35. The molecule has 0 aliphatic rings. The average molecular weight is 309 g/mol. The van der Waals surface area contributed by atoms with Crippen molar-refractivity contribution in [3.8, 4) is 11.3 Å². The van der Waals surface area contributed by atoms with Crippen molar-refractivity contribution < 1.29 is 4.79 Å². The second-order valence-electron chi connectivity index (χ2n) is 5.49. The number of amides is 1. The lowest BCUT2D eigenvalue weighted by Crippen LogP contribution is -2.25. The Balaban J connectivity index is 1.97. The van der Waals surface area contributed by atoms with Crippen molar-refractivity contribution in [3.05, 3.63) is 42.2 Å². The van der Waals surface area contributed by atoms with E-state index in [2.05, 4.69) is 15.3 Å². The molecule has 3 rings (SSSR count). The summed E-state index contributed by atoms with van der Waals surface area (Å²) in [6, 6.07) is 11.6. The van der Waals surface area contributed by atoms with Gasteiger partial charge in [0.05, 0.1) is 5.69 Å². The highest BCUT2D eigenvalue weighted by Crippen LogP contribution is 2.23. The van der Waals surface area contributed by atoms with Gasteiger partial charge in [-0.25, -0.2) is 0 Å². The fourth-order valence-corrected chi connectivity index (χ4v) is 2.45. The van der Waals surface area contributed by atoms with Crippen molar-refractivity contribution in [3.63, 3.8) is 0 Å². The summed E-state index contributed by atoms with van der Waals surface area (Å²) in [7, 11) is 1.80. The molecule has 0 aliphatic carbocycles. The molecule has 0 bridgehead atoms. The van der Waals surface area contributed by atoms with E-state index in [4.69, 9.17) is 0 Å². The zero-order valence-corrected chi connectivity index (χ0v) is 13.5. The third-order valence-electron chi connectivity index (χ3n) is 3.79. The van der Waals surface area contributed by atoms with Crippen LogP contribution in [0.4, 0.5) is 5.69 Å². The average Bonchev–Trinajstić information content (AvgIpc) is 2.95. The zero-order chi connectivity index (χ0) is 16.4. The van der Waals surface area contributed by atoms with Gasteiger partial charge in [-0.15, -0.1) is 10.2 Å². The topological polar surface area (TPSA) is 63.4 Å². The molecule has 1 amide bonds. The van der Waals surface area contributed by atoms with Crippen LogP contribution in [-0.2, 0) is 4.79 Å². The largest absolute Gasteiger partial charge is 0.315 e. The first-order valence-electron chi connectivity index (χ1n) is 7.66. The zero-order valence-electron chi connectivity index (χ0n) is 13.5. The van der Waals surface area contributed by atoms with E-state index in [0.29, 0.717) is 6.42 Å². The number of hydrogen-bond acceptors (Lipinski definition) is 4. The van der Waals surface area contributed by atoms with E-state index >= 15 is 0 Å². The van der Waals surface area contributed by atoms with Gasteiger partial charge < -0.3 is 4.90 Å². The molecule has 0 saturated carbocycles. The molecule has 0 unspecified atom stereocenters. The number of aromatic nitrogens is 4. The fraction of sp³-hybridized carbons (Fsp3) is 0.294. The molecular weight excluding hydrogens is 290 g/mol. The van der Waals surface area contributed by atoms with Crippen molar-refractivity contribution in [2.24, 2.45) is 0 Å². The SMILES string of the molecule is CCCC(=O)N(C)c1cccc(-c2ccc3nnc(C)n3n2)c1. The van der Waals surface area contributed by atoms with Gasteiger partial charge in [-0.3, -0.25) is 4.79 Å². The number of hydrogen-bond donors (Lipinski definition) is 0. The highest BCUT2D eigenvalue weighted by molar-refractivity contribution is 5.93. The third kappa shape index (κ3) is 2.92. The van der Waals surface area contributed by atoms with Crippen LogP contribution in [0.3, 0.4) is 0 Å². The third-order valence-corrected chi connectivity index (χ3v) is 3.79. The van der Waals surface area contributed by atoms with E-state index in [-0.39, 0.29) is 5.91 Å². The maximum absolute atomic E-state index is 12.1. The summed E-state index contributed by atoms with van der Waals surface area (Å²) in [5, 5.41) is 12.6. The summed E-state index contributed by atoms with van der Waals surface area (Å²) in [4.78, 5) is 13.8. The van der Waals surface area contributed by atoms with Crippen LogP contribution in [0.1, 0.15) is 25.6 Å². The van der Waals surface area contributed by atoms with E-state index < -0.39 is 0 Å². The predicted molar refractivity (Wildman–Crippen MR) is 89.3 cm³/mol. The van der Waals surface area contributed by atoms with Crippen LogP contribution in [0.15, 0.2) is 36.4 Å². The molecule has 118 valence electrons. The molecule has 6 nitrogen and oxygen atoms in total. The Bertz CT molecular complexity index is 855. The number of rotatable bonds is 4. The Hall–Kier alpha value is -2.76. The number of nitrogens with zero attached hydrogens (tertiary/aromatic N) is 5. The van der Waals surface area contributed by atoms with Gasteiger partial charge in [0.1, 0.15) is 0 Å². The van der Waals surface area contributed by atoms with E-state index in [1.807, 2.05) is 50.2 Å². The monoisotopic (exact) mass is 309 g/mol. The lowest BCUT2D eigenvalue weighted by Gasteiger charge is -2.17. The van der Waals surface area contributed by atoms with Crippen LogP contribution in [0, 0.1) is 6.92 Å². The number of carbonyl (C=O) groups excluding carboxylic acids is 1. The molecule has 3 aromatic rings. The molecule has 23 heavy (non-hydrogen) atoms. The second kappa shape index (κ2) is 6.16. The minimum atomic E-state index is 0.114. The van der Waals surface area contributed by atoms with Crippen molar-refractivity contribution in [1.29, 1.82) is 0 Å². The molecule has 6 heteroatoms. The summed E-state index contributed by atoms with van der Waals surface area (Å²) in [6.45, 7) is 3.87. The van der Waals surface area contributed by atoms with Gasteiger partial charge in [0.15, 0.2) is 11.5 Å². The van der Waals surface area contributed by atoms with Crippen LogP contribution in [0.2, 0.25) is 0 Å². The van der Waals surface area contributed by atoms with Crippen molar-refractivity contribution in [1.82, 2.24) is 19.8 Å². The van der Waals surface area contributed by atoms with Gasteiger partial charge in [-0.05, 0) is 37.6 Å². The second-order valence-corrected chi connectivity index (χ2v) is 5.49. The van der Waals surface area contributed by atoms with E-state index in [1.54, 1.807) is 16.5 Å². The predicted octanol–water partition coefficient (Wildman–Crippen LogP) is 2.86. The number of benzene rings is 1. The minimum Gasteiger partial charge on any atom is -0.315 e. The molecule has 2 aromatic heterocycles. The van der Waals surface area contributed by atoms with Gasteiger partial charge >= 0.3 is 0 Å². The van der Waals surface area contributed by atoms with E-state index in [0.717, 1.165) is 34.8 Å². The van der Waals surface area contributed by atoms with Gasteiger partial charge in [0.25, 0.3) is 0 Å².